The van der Waals surface area contributed by atoms with Gasteiger partial charge in [-0.05, 0) is 17.5 Å². The van der Waals surface area contributed by atoms with E-state index in [9.17, 15) is 0 Å². The highest BCUT2D eigenvalue weighted by atomic mass is 16.9. The molecule has 0 spiro atoms. The molecule has 0 radical (unpaired) electrons. The van der Waals surface area contributed by atoms with Gasteiger partial charge < -0.3 is 14.2 Å². The maximum absolute atomic E-state index is 5.64. The van der Waals surface area contributed by atoms with Crippen LogP contribution in [0.3, 0.4) is 0 Å². The Morgan fingerprint density at radius 3 is 1.96 bits per heavy atom. The molecule has 0 aliphatic carbocycles. The molecule has 0 bridgehead atoms. The molecule has 136 valence electrons. The van der Waals surface area contributed by atoms with Gasteiger partial charge in [0.25, 0.3) is 5.97 Å². The van der Waals surface area contributed by atoms with Crippen molar-refractivity contribution in [3.8, 4) is 0 Å². The monoisotopic (exact) mass is 334 g/mol. The van der Waals surface area contributed by atoms with Crippen LogP contribution in [-0.2, 0) is 14.2 Å². The van der Waals surface area contributed by atoms with Gasteiger partial charge in [-0.15, -0.1) is 0 Å². The molecule has 1 unspecified atom stereocenters. The number of rotatable bonds is 13. The van der Waals surface area contributed by atoms with Gasteiger partial charge in [0.2, 0.25) is 0 Å². The lowest BCUT2D eigenvalue weighted by molar-refractivity contribution is -0.365. The Hall–Kier alpha value is -1.16. The Bertz CT molecular complexity index is 440. The van der Waals surface area contributed by atoms with Gasteiger partial charge in [-0.25, -0.2) is 0 Å². The summed E-state index contributed by atoms with van der Waals surface area (Å²) in [4.78, 5) is 0. The molecular weight excluding hydrogens is 300 g/mol. The molecule has 0 heterocycles. The number of ether oxygens (including phenoxy) is 3. The largest absolute Gasteiger partial charge is 0.330 e. The molecule has 0 aromatic heterocycles. The Morgan fingerprint density at radius 1 is 0.917 bits per heavy atom. The molecule has 1 aromatic rings. The highest BCUT2D eigenvalue weighted by molar-refractivity contribution is 5.47. The van der Waals surface area contributed by atoms with Crippen molar-refractivity contribution in [1.82, 2.24) is 0 Å². The first-order chi connectivity index (χ1) is 11.7. The van der Waals surface area contributed by atoms with Crippen LogP contribution in [0.5, 0.6) is 0 Å². The summed E-state index contributed by atoms with van der Waals surface area (Å²) in [6.45, 7) is 6.06. The summed E-state index contributed by atoms with van der Waals surface area (Å²) >= 11 is 0. The highest BCUT2D eigenvalue weighted by Crippen LogP contribution is 2.37. The van der Waals surface area contributed by atoms with Crippen LogP contribution in [0.4, 0.5) is 0 Å². The lowest BCUT2D eigenvalue weighted by Crippen LogP contribution is -2.42. The van der Waals surface area contributed by atoms with Crippen LogP contribution in [0, 0.1) is 0 Å². The summed E-state index contributed by atoms with van der Waals surface area (Å²) in [5.74, 6) is -1.01. The van der Waals surface area contributed by atoms with Crippen molar-refractivity contribution in [2.45, 2.75) is 63.8 Å². The Morgan fingerprint density at radius 2 is 1.46 bits per heavy atom. The number of hydrogen-bond donors (Lipinski definition) is 0. The van der Waals surface area contributed by atoms with Crippen LogP contribution < -0.4 is 0 Å². The van der Waals surface area contributed by atoms with Gasteiger partial charge in [-0.1, -0.05) is 82.4 Å². The summed E-state index contributed by atoms with van der Waals surface area (Å²) in [7, 11) is 4.91. The van der Waals surface area contributed by atoms with Crippen molar-refractivity contribution in [3.05, 3.63) is 42.0 Å². The molecule has 0 amide bonds. The van der Waals surface area contributed by atoms with E-state index in [1.807, 2.05) is 6.08 Å². The van der Waals surface area contributed by atoms with E-state index < -0.39 is 5.97 Å². The standard InChI is InChI=1S/C21H34O3/c1-6-8-9-10-11-12-13-20(21(22-3,23-4)24-5)19-16-14-18(7-2)15-17-19/h7,14-17,20H,2,6,8-13H2,1,3-5H3. The Kier molecular flexibility index (Phi) is 9.92. The van der Waals surface area contributed by atoms with Crippen molar-refractivity contribution >= 4 is 6.08 Å². The maximum Gasteiger partial charge on any atom is 0.289 e. The normalized spacial score (nSPS) is 13.0. The van der Waals surface area contributed by atoms with Gasteiger partial charge >= 0.3 is 0 Å². The zero-order valence-electron chi connectivity index (χ0n) is 15.8. The van der Waals surface area contributed by atoms with E-state index in [-0.39, 0.29) is 5.92 Å². The van der Waals surface area contributed by atoms with Crippen LogP contribution >= 0.6 is 0 Å². The van der Waals surface area contributed by atoms with Crippen LogP contribution in [0.1, 0.15) is 68.9 Å². The van der Waals surface area contributed by atoms with Gasteiger partial charge in [0.1, 0.15) is 0 Å². The second-order valence-corrected chi connectivity index (χ2v) is 6.20. The molecule has 1 aromatic carbocycles. The molecule has 1 atom stereocenters. The molecule has 0 fully saturated rings. The predicted molar refractivity (Wildman–Crippen MR) is 101 cm³/mol. The molecular formula is C21H34O3. The minimum absolute atomic E-state index is 0.0301. The summed E-state index contributed by atoms with van der Waals surface area (Å²) in [6, 6.07) is 8.37. The fourth-order valence-electron chi connectivity index (χ4n) is 3.22. The van der Waals surface area contributed by atoms with Crippen molar-refractivity contribution < 1.29 is 14.2 Å². The SMILES string of the molecule is C=Cc1ccc(C(CCCCCCCC)C(OC)(OC)OC)cc1. The van der Waals surface area contributed by atoms with E-state index in [1.54, 1.807) is 21.3 Å². The van der Waals surface area contributed by atoms with Crippen LogP contribution in [0.25, 0.3) is 6.08 Å². The summed E-state index contributed by atoms with van der Waals surface area (Å²) in [5, 5.41) is 0. The smallest absolute Gasteiger partial charge is 0.289 e. The van der Waals surface area contributed by atoms with Gasteiger partial charge in [0.05, 0.1) is 5.92 Å². The zero-order chi connectivity index (χ0) is 17.8. The molecule has 3 nitrogen and oxygen atoms in total. The third-order valence-corrected chi connectivity index (χ3v) is 4.70. The van der Waals surface area contributed by atoms with Crippen molar-refractivity contribution in [2.24, 2.45) is 0 Å². The molecule has 0 saturated carbocycles. The van der Waals surface area contributed by atoms with Crippen LogP contribution in [0.15, 0.2) is 30.8 Å². The predicted octanol–water partition coefficient (Wildman–Crippen LogP) is 5.76. The topological polar surface area (TPSA) is 27.7 Å². The number of unbranched alkanes of at least 4 members (excludes halogenated alkanes) is 5. The van der Waals surface area contributed by atoms with E-state index in [0.29, 0.717) is 0 Å². The Balaban J connectivity index is 2.84. The lowest BCUT2D eigenvalue weighted by Gasteiger charge is -2.36. The van der Waals surface area contributed by atoms with E-state index in [1.165, 1.54) is 37.7 Å². The Labute approximate surface area is 148 Å². The second kappa shape index (κ2) is 11.4. The van der Waals surface area contributed by atoms with Crippen molar-refractivity contribution in [1.29, 1.82) is 0 Å². The minimum Gasteiger partial charge on any atom is -0.330 e. The first-order valence-corrected chi connectivity index (χ1v) is 9.05. The molecule has 1 rings (SSSR count). The number of hydrogen-bond acceptors (Lipinski definition) is 3. The van der Waals surface area contributed by atoms with Crippen molar-refractivity contribution in [2.75, 3.05) is 21.3 Å². The zero-order valence-corrected chi connectivity index (χ0v) is 15.8. The molecule has 3 heteroatoms. The third kappa shape index (κ3) is 5.73. The van der Waals surface area contributed by atoms with Gasteiger partial charge in [-0.3, -0.25) is 0 Å². The molecule has 0 N–H and O–H groups in total. The minimum atomic E-state index is -1.04. The first kappa shape index (κ1) is 20.9. The quantitative estimate of drug-likeness (QED) is 0.339. The summed E-state index contributed by atoms with van der Waals surface area (Å²) < 4.78 is 16.9. The van der Waals surface area contributed by atoms with E-state index >= 15 is 0 Å². The average molecular weight is 334 g/mol. The lowest BCUT2D eigenvalue weighted by atomic mass is 9.89. The molecule has 0 aliphatic rings. The second-order valence-electron chi connectivity index (χ2n) is 6.20. The summed E-state index contributed by atoms with van der Waals surface area (Å²) in [6.07, 6.45) is 10.4. The number of methoxy groups -OCH3 is 3. The molecule has 0 aliphatic heterocycles. The molecule has 24 heavy (non-hydrogen) atoms. The van der Waals surface area contributed by atoms with Gasteiger partial charge in [0, 0.05) is 21.3 Å². The van der Waals surface area contributed by atoms with Gasteiger partial charge in [-0.2, -0.15) is 0 Å². The third-order valence-electron chi connectivity index (χ3n) is 4.70. The van der Waals surface area contributed by atoms with Crippen molar-refractivity contribution in [3.63, 3.8) is 0 Å². The fraction of sp³-hybridized carbons (Fsp3) is 0.619. The number of benzene rings is 1. The van der Waals surface area contributed by atoms with Crippen LogP contribution in [0.2, 0.25) is 0 Å². The maximum atomic E-state index is 5.64. The van der Waals surface area contributed by atoms with E-state index in [2.05, 4.69) is 37.8 Å². The molecule has 0 saturated heterocycles. The van der Waals surface area contributed by atoms with E-state index in [0.717, 1.165) is 18.4 Å². The van der Waals surface area contributed by atoms with Crippen LogP contribution in [-0.4, -0.2) is 27.3 Å². The van der Waals surface area contributed by atoms with E-state index in [4.69, 9.17) is 14.2 Å². The van der Waals surface area contributed by atoms with Gasteiger partial charge in [0.15, 0.2) is 0 Å². The average Bonchev–Trinajstić information content (AvgIpc) is 2.64. The fourth-order valence-corrected chi connectivity index (χ4v) is 3.22. The summed E-state index contributed by atoms with van der Waals surface area (Å²) in [5.41, 5.74) is 2.27. The first-order valence-electron chi connectivity index (χ1n) is 9.05. The highest BCUT2D eigenvalue weighted by Gasteiger charge is 2.40.